The van der Waals surface area contributed by atoms with Gasteiger partial charge < -0.3 is 4.90 Å². The number of carbonyl (C=O) groups is 1. The Hall–Kier alpha value is -0.530. The third kappa shape index (κ3) is 3.00. The Morgan fingerprint density at radius 2 is 1.93 bits per heavy atom. The first-order chi connectivity index (χ1) is 6.50. The zero-order chi connectivity index (χ0) is 10.7. The topological polar surface area (TPSA) is 20.3 Å². The average molecular weight is 197 g/mol. The van der Waals surface area contributed by atoms with Crippen molar-refractivity contribution in [2.75, 3.05) is 6.54 Å². The smallest absolute Gasteiger partial charge is 0.222 e. The van der Waals surface area contributed by atoms with Crippen molar-refractivity contribution in [3.05, 3.63) is 0 Å². The molecule has 1 heterocycles. The number of carbonyl (C=O) groups excluding carboxylic acids is 1. The second-order valence-corrected chi connectivity index (χ2v) is 5.26. The summed E-state index contributed by atoms with van der Waals surface area (Å²) in [6, 6.07) is 0.518. The van der Waals surface area contributed by atoms with E-state index >= 15 is 0 Å². The molecule has 2 nitrogen and oxygen atoms in total. The lowest BCUT2D eigenvalue weighted by molar-refractivity contribution is -0.129. The van der Waals surface area contributed by atoms with Gasteiger partial charge in [0.1, 0.15) is 0 Å². The highest BCUT2D eigenvalue weighted by atomic mass is 16.2. The monoisotopic (exact) mass is 197 g/mol. The fraction of sp³-hybridized carbons (Fsp3) is 0.917. The van der Waals surface area contributed by atoms with Crippen LogP contribution in [0, 0.1) is 11.8 Å². The molecule has 0 saturated carbocycles. The van der Waals surface area contributed by atoms with E-state index in [1.165, 1.54) is 6.42 Å². The molecule has 0 radical (unpaired) electrons. The van der Waals surface area contributed by atoms with Crippen molar-refractivity contribution < 1.29 is 4.79 Å². The molecule has 0 unspecified atom stereocenters. The van der Waals surface area contributed by atoms with Crippen LogP contribution in [0.25, 0.3) is 0 Å². The van der Waals surface area contributed by atoms with Crippen molar-refractivity contribution in [3.63, 3.8) is 0 Å². The quantitative estimate of drug-likeness (QED) is 0.678. The first-order valence-corrected chi connectivity index (χ1v) is 5.80. The maximum Gasteiger partial charge on any atom is 0.222 e. The maximum absolute atomic E-state index is 11.6. The molecule has 0 aliphatic carbocycles. The number of hydrogen-bond donors (Lipinski definition) is 0. The first kappa shape index (κ1) is 11.5. The molecule has 1 amide bonds. The van der Waals surface area contributed by atoms with E-state index in [-0.39, 0.29) is 0 Å². The first-order valence-electron chi connectivity index (χ1n) is 5.80. The van der Waals surface area contributed by atoms with Gasteiger partial charge in [-0.2, -0.15) is 0 Å². The molecule has 0 aromatic rings. The Kier molecular flexibility index (Phi) is 3.97. The van der Waals surface area contributed by atoms with Crippen molar-refractivity contribution in [2.24, 2.45) is 11.8 Å². The lowest BCUT2D eigenvalue weighted by Gasteiger charge is -2.27. The number of hydrogen-bond acceptors (Lipinski definition) is 1. The Morgan fingerprint density at radius 3 is 2.43 bits per heavy atom. The molecule has 2 heteroatoms. The zero-order valence-corrected chi connectivity index (χ0v) is 9.92. The van der Waals surface area contributed by atoms with E-state index in [1.54, 1.807) is 0 Å². The average Bonchev–Trinajstić information content (AvgIpc) is 2.34. The van der Waals surface area contributed by atoms with E-state index < -0.39 is 0 Å². The van der Waals surface area contributed by atoms with E-state index in [0.717, 1.165) is 19.4 Å². The largest absolute Gasteiger partial charge is 0.339 e. The number of nitrogens with zero attached hydrogens (tertiary/aromatic N) is 1. The summed E-state index contributed by atoms with van der Waals surface area (Å²) < 4.78 is 0. The van der Waals surface area contributed by atoms with Crippen LogP contribution < -0.4 is 0 Å². The molecular weight excluding hydrogens is 174 g/mol. The summed E-state index contributed by atoms with van der Waals surface area (Å²) in [6.45, 7) is 9.76. The van der Waals surface area contributed by atoms with Gasteiger partial charge in [-0.15, -0.1) is 0 Å². The van der Waals surface area contributed by atoms with E-state index in [2.05, 4.69) is 32.6 Å². The van der Waals surface area contributed by atoms with Gasteiger partial charge in [0.05, 0.1) is 0 Å². The summed E-state index contributed by atoms with van der Waals surface area (Å²) in [6.07, 6.45) is 3.01. The van der Waals surface area contributed by atoms with Gasteiger partial charge >= 0.3 is 0 Å². The van der Waals surface area contributed by atoms with Crippen molar-refractivity contribution in [3.8, 4) is 0 Å². The lowest BCUT2D eigenvalue weighted by Crippen LogP contribution is -2.36. The van der Waals surface area contributed by atoms with Crippen LogP contribution in [0.3, 0.4) is 0 Å². The third-order valence-electron chi connectivity index (χ3n) is 2.76. The minimum atomic E-state index is 0.365. The van der Waals surface area contributed by atoms with Crippen molar-refractivity contribution >= 4 is 5.91 Å². The highest BCUT2D eigenvalue weighted by Gasteiger charge is 2.31. The van der Waals surface area contributed by atoms with Gasteiger partial charge in [0.25, 0.3) is 0 Å². The van der Waals surface area contributed by atoms with Crippen LogP contribution in [0.2, 0.25) is 0 Å². The van der Waals surface area contributed by atoms with Crippen LogP contribution in [0.4, 0.5) is 0 Å². The van der Waals surface area contributed by atoms with E-state index in [0.29, 0.717) is 23.8 Å². The number of amides is 1. The molecule has 82 valence electrons. The van der Waals surface area contributed by atoms with Gasteiger partial charge in [-0.3, -0.25) is 4.79 Å². The van der Waals surface area contributed by atoms with Crippen LogP contribution in [-0.2, 0) is 4.79 Å². The third-order valence-corrected chi connectivity index (χ3v) is 2.76. The molecule has 0 spiro atoms. The second kappa shape index (κ2) is 4.81. The highest BCUT2D eigenvalue weighted by Crippen LogP contribution is 2.25. The van der Waals surface area contributed by atoms with Gasteiger partial charge in [0.2, 0.25) is 5.91 Å². The van der Waals surface area contributed by atoms with Gasteiger partial charge in [-0.25, -0.2) is 0 Å². The molecule has 14 heavy (non-hydrogen) atoms. The zero-order valence-electron chi connectivity index (χ0n) is 9.92. The molecule has 0 N–H and O–H groups in total. The Labute approximate surface area is 87.7 Å². The van der Waals surface area contributed by atoms with Crippen molar-refractivity contribution in [2.45, 2.75) is 53.0 Å². The normalized spacial score (nSPS) is 22.9. The Morgan fingerprint density at radius 1 is 1.29 bits per heavy atom. The van der Waals surface area contributed by atoms with Gasteiger partial charge in [0.15, 0.2) is 0 Å². The predicted octanol–water partition coefficient (Wildman–Crippen LogP) is 2.68. The minimum Gasteiger partial charge on any atom is -0.339 e. The fourth-order valence-corrected chi connectivity index (χ4v) is 2.23. The molecule has 0 aromatic carbocycles. The van der Waals surface area contributed by atoms with E-state index in [1.807, 2.05) is 0 Å². The van der Waals surface area contributed by atoms with Gasteiger partial charge in [-0.05, 0) is 24.7 Å². The summed E-state index contributed by atoms with van der Waals surface area (Å²) >= 11 is 0. The van der Waals surface area contributed by atoms with E-state index in [4.69, 9.17) is 0 Å². The van der Waals surface area contributed by atoms with E-state index in [9.17, 15) is 4.79 Å². The summed E-state index contributed by atoms with van der Waals surface area (Å²) in [5, 5.41) is 0. The molecule has 1 aliphatic rings. The van der Waals surface area contributed by atoms with Crippen LogP contribution in [0.1, 0.15) is 47.0 Å². The lowest BCUT2D eigenvalue weighted by atomic mass is 10.0. The van der Waals surface area contributed by atoms with Crippen molar-refractivity contribution in [1.82, 2.24) is 4.90 Å². The summed E-state index contributed by atoms with van der Waals surface area (Å²) in [7, 11) is 0. The summed E-state index contributed by atoms with van der Waals surface area (Å²) in [5.41, 5.74) is 0. The number of rotatable bonds is 4. The molecule has 1 aliphatic heterocycles. The second-order valence-electron chi connectivity index (χ2n) is 5.26. The fourth-order valence-electron chi connectivity index (χ4n) is 2.23. The molecule has 0 bridgehead atoms. The predicted molar refractivity (Wildman–Crippen MR) is 59.0 cm³/mol. The SMILES string of the molecule is CC(C)C[C@H]1CCC(=O)N1CC(C)C. The van der Waals surface area contributed by atoms with Crippen LogP contribution >= 0.6 is 0 Å². The molecular formula is C12H23NO. The molecule has 0 aromatic heterocycles. The van der Waals surface area contributed by atoms with Gasteiger partial charge in [-0.1, -0.05) is 27.7 Å². The van der Waals surface area contributed by atoms with Crippen LogP contribution in [0.5, 0.6) is 0 Å². The summed E-state index contributed by atoms with van der Waals surface area (Å²) in [4.78, 5) is 13.7. The van der Waals surface area contributed by atoms with Gasteiger partial charge in [0, 0.05) is 19.0 Å². The number of likely N-dealkylation sites (tertiary alicyclic amines) is 1. The minimum absolute atomic E-state index is 0.365. The Bertz CT molecular complexity index is 198. The summed E-state index contributed by atoms with van der Waals surface area (Å²) in [5.74, 6) is 1.65. The molecule has 1 atom stereocenters. The standard InChI is InChI=1S/C12H23NO/c1-9(2)7-11-5-6-12(14)13(11)8-10(3)4/h9-11H,5-8H2,1-4H3/t11-/m1/s1. The molecule has 1 saturated heterocycles. The highest BCUT2D eigenvalue weighted by molar-refractivity contribution is 5.78. The Balaban J connectivity index is 2.53. The van der Waals surface area contributed by atoms with Crippen LogP contribution in [0.15, 0.2) is 0 Å². The maximum atomic E-state index is 11.6. The van der Waals surface area contributed by atoms with Crippen LogP contribution in [-0.4, -0.2) is 23.4 Å². The molecule has 1 fully saturated rings. The van der Waals surface area contributed by atoms with Crippen molar-refractivity contribution in [1.29, 1.82) is 0 Å². The molecule has 1 rings (SSSR count).